The highest BCUT2D eigenvalue weighted by molar-refractivity contribution is 5.38. The zero-order chi connectivity index (χ0) is 20.2. The highest BCUT2D eigenvalue weighted by atomic mass is 15.5. The van der Waals surface area contributed by atoms with Gasteiger partial charge in [0.15, 0.2) is 0 Å². The minimum atomic E-state index is 0.707. The standard InChI is InChI=1S/C22H30N6/c1-5-27(25-23-21-13-9-19(3)10-14-21)17-7-8-18-28(6-2)26-24-22-15-11-20(4)12-16-22/h7-16H,5-6,17-18H2,1-4H3/b8-7+,25-23?,26-24?. The van der Waals surface area contributed by atoms with E-state index in [9.17, 15) is 0 Å². The van der Waals surface area contributed by atoms with Crippen molar-refractivity contribution < 1.29 is 0 Å². The van der Waals surface area contributed by atoms with Crippen LogP contribution in [0.5, 0.6) is 0 Å². The first-order chi connectivity index (χ1) is 13.6. The predicted molar refractivity (Wildman–Crippen MR) is 115 cm³/mol. The second-order valence-electron chi connectivity index (χ2n) is 6.53. The summed E-state index contributed by atoms with van der Waals surface area (Å²) in [6.45, 7) is 11.3. The summed E-state index contributed by atoms with van der Waals surface area (Å²) in [7, 11) is 0. The molecule has 0 aliphatic carbocycles. The van der Waals surface area contributed by atoms with Crippen molar-refractivity contribution in [2.24, 2.45) is 20.7 Å². The summed E-state index contributed by atoms with van der Waals surface area (Å²) in [6.07, 6.45) is 4.17. The Hall–Kier alpha value is -3.02. The first kappa shape index (κ1) is 21.3. The fourth-order valence-corrected chi connectivity index (χ4v) is 2.30. The molecule has 0 fully saturated rings. The Kier molecular flexibility index (Phi) is 8.85. The molecule has 148 valence electrons. The van der Waals surface area contributed by atoms with Crippen molar-refractivity contribution in [1.82, 2.24) is 10.0 Å². The highest BCUT2D eigenvalue weighted by Gasteiger charge is 1.98. The van der Waals surface area contributed by atoms with Gasteiger partial charge in [0.2, 0.25) is 0 Å². The van der Waals surface area contributed by atoms with Crippen molar-refractivity contribution in [3.05, 3.63) is 71.8 Å². The molecule has 28 heavy (non-hydrogen) atoms. The molecule has 0 aliphatic rings. The van der Waals surface area contributed by atoms with E-state index in [0.717, 1.165) is 24.5 Å². The molecule has 0 unspecified atom stereocenters. The smallest absolute Gasteiger partial charge is 0.0874 e. The van der Waals surface area contributed by atoms with Crippen molar-refractivity contribution in [1.29, 1.82) is 0 Å². The lowest BCUT2D eigenvalue weighted by Gasteiger charge is -2.14. The largest absolute Gasteiger partial charge is 0.275 e. The topological polar surface area (TPSA) is 55.9 Å². The maximum absolute atomic E-state index is 4.31. The molecule has 0 saturated carbocycles. The van der Waals surface area contributed by atoms with Crippen LogP contribution in [-0.2, 0) is 0 Å². The molecular formula is C22H30N6. The second kappa shape index (κ2) is 11.6. The van der Waals surface area contributed by atoms with Crippen LogP contribution >= 0.6 is 0 Å². The van der Waals surface area contributed by atoms with Crippen LogP contribution in [0.4, 0.5) is 11.4 Å². The number of likely N-dealkylation sites (N-methyl/N-ethyl adjacent to an activating group) is 2. The zero-order valence-electron chi connectivity index (χ0n) is 17.3. The molecule has 0 saturated heterocycles. The normalized spacial score (nSPS) is 11.7. The molecule has 6 nitrogen and oxygen atoms in total. The number of benzene rings is 2. The van der Waals surface area contributed by atoms with Crippen molar-refractivity contribution in [2.75, 3.05) is 26.2 Å². The lowest BCUT2D eigenvalue weighted by Crippen LogP contribution is -2.18. The molecular weight excluding hydrogens is 348 g/mol. The molecule has 6 heteroatoms. The van der Waals surface area contributed by atoms with Gasteiger partial charge in [-0.3, -0.25) is 10.0 Å². The van der Waals surface area contributed by atoms with Crippen LogP contribution in [0.15, 0.2) is 81.4 Å². The SMILES string of the molecule is CCN(C/C=C/CN(CC)N=Nc1ccc(C)cc1)N=Nc1ccc(C)cc1. The van der Waals surface area contributed by atoms with Crippen LogP contribution in [0, 0.1) is 13.8 Å². The number of hydrogen-bond donors (Lipinski definition) is 0. The molecule has 0 N–H and O–H groups in total. The van der Waals surface area contributed by atoms with Gasteiger partial charge in [-0.25, -0.2) is 0 Å². The van der Waals surface area contributed by atoms with E-state index in [4.69, 9.17) is 0 Å². The third kappa shape index (κ3) is 7.70. The van der Waals surface area contributed by atoms with Crippen LogP contribution in [0.1, 0.15) is 25.0 Å². The summed E-state index contributed by atoms with van der Waals surface area (Å²) in [6, 6.07) is 16.0. The van der Waals surface area contributed by atoms with Gasteiger partial charge in [0.1, 0.15) is 0 Å². The average molecular weight is 379 g/mol. The number of nitrogens with zero attached hydrogens (tertiary/aromatic N) is 6. The Balaban J connectivity index is 1.82. The third-order valence-electron chi connectivity index (χ3n) is 4.17. The number of aryl methyl sites for hydroxylation is 2. The molecule has 0 spiro atoms. The van der Waals surface area contributed by atoms with Crippen LogP contribution in [0.2, 0.25) is 0 Å². The lowest BCUT2D eigenvalue weighted by molar-refractivity contribution is 0.307. The van der Waals surface area contributed by atoms with Gasteiger partial charge in [0, 0.05) is 13.1 Å². The van der Waals surface area contributed by atoms with E-state index < -0.39 is 0 Å². The maximum Gasteiger partial charge on any atom is 0.0874 e. The van der Waals surface area contributed by atoms with Gasteiger partial charge in [0.25, 0.3) is 0 Å². The summed E-state index contributed by atoms with van der Waals surface area (Å²) < 4.78 is 0. The van der Waals surface area contributed by atoms with Crippen molar-refractivity contribution >= 4 is 11.4 Å². The van der Waals surface area contributed by atoms with Gasteiger partial charge in [-0.2, -0.15) is 0 Å². The molecule has 0 amide bonds. The lowest BCUT2D eigenvalue weighted by atomic mass is 10.2. The van der Waals surface area contributed by atoms with E-state index in [0.29, 0.717) is 13.1 Å². The third-order valence-corrected chi connectivity index (χ3v) is 4.17. The quantitative estimate of drug-likeness (QED) is 0.281. The summed E-state index contributed by atoms with van der Waals surface area (Å²) in [5, 5.41) is 21.0. The summed E-state index contributed by atoms with van der Waals surface area (Å²) >= 11 is 0. The molecule has 0 aromatic heterocycles. The van der Waals surface area contributed by atoms with Gasteiger partial charge in [-0.15, -0.1) is 10.2 Å². The summed E-state index contributed by atoms with van der Waals surface area (Å²) in [5.74, 6) is 0. The minimum Gasteiger partial charge on any atom is -0.275 e. The van der Waals surface area contributed by atoms with Crippen LogP contribution in [-0.4, -0.2) is 36.2 Å². The Morgan fingerprint density at radius 2 is 1.00 bits per heavy atom. The summed E-state index contributed by atoms with van der Waals surface area (Å²) in [4.78, 5) is 0. The van der Waals surface area contributed by atoms with E-state index >= 15 is 0 Å². The number of rotatable bonds is 10. The molecule has 2 aromatic rings. The van der Waals surface area contributed by atoms with Gasteiger partial charge in [0.05, 0.1) is 24.5 Å². The zero-order valence-corrected chi connectivity index (χ0v) is 17.3. The molecule has 2 rings (SSSR count). The fraction of sp³-hybridized carbons (Fsp3) is 0.364. The fourth-order valence-electron chi connectivity index (χ4n) is 2.30. The summed E-state index contributed by atoms with van der Waals surface area (Å²) in [5.41, 5.74) is 4.16. The Morgan fingerprint density at radius 3 is 1.32 bits per heavy atom. The first-order valence-electron chi connectivity index (χ1n) is 9.72. The van der Waals surface area contributed by atoms with E-state index in [1.807, 2.05) is 58.5 Å². The average Bonchev–Trinajstić information content (AvgIpc) is 2.72. The molecule has 0 radical (unpaired) electrons. The maximum atomic E-state index is 4.31. The molecule has 0 bridgehead atoms. The van der Waals surface area contributed by atoms with Gasteiger partial charge >= 0.3 is 0 Å². The van der Waals surface area contributed by atoms with E-state index in [1.54, 1.807) is 0 Å². The van der Waals surface area contributed by atoms with E-state index in [2.05, 4.69) is 60.5 Å². The Morgan fingerprint density at radius 1 is 0.643 bits per heavy atom. The molecule has 0 atom stereocenters. The van der Waals surface area contributed by atoms with Gasteiger partial charge in [-0.1, -0.05) is 58.0 Å². The second-order valence-corrected chi connectivity index (χ2v) is 6.53. The van der Waals surface area contributed by atoms with Crippen LogP contribution < -0.4 is 0 Å². The molecule has 0 aliphatic heterocycles. The molecule has 2 aromatic carbocycles. The monoisotopic (exact) mass is 378 g/mol. The van der Waals surface area contributed by atoms with Gasteiger partial charge in [-0.05, 0) is 52.0 Å². The minimum absolute atomic E-state index is 0.707. The van der Waals surface area contributed by atoms with E-state index in [1.165, 1.54) is 11.1 Å². The van der Waals surface area contributed by atoms with Crippen LogP contribution in [0.3, 0.4) is 0 Å². The molecule has 0 heterocycles. The van der Waals surface area contributed by atoms with Crippen molar-refractivity contribution in [3.63, 3.8) is 0 Å². The number of hydrogen-bond acceptors (Lipinski definition) is 4. The predicted octanol–water partition coefficient (Wildman–Crippen LogP) is 6.20. The highest BCUT2D eigenvalue weighted by Crippen LogP contribution is 2.14. The van der Waals surface area contributed by atoms with Crippen molar-refractivity contribution in [2.45, 2.75) is 27.7 Å². The first-order valence-corrected chi connectivity index (χ1v) is 9.72. The van der Waals surface area contributed by atoms with Crippen LogP contribution in [0.25, 0.3) is 0 Å². The Labute approximate surface area is 168 Å². The Bertz CT molecular complexity index is 710. The van der Waals surface area contributed by atoms with Crippen molar-refractivity contribution in [3.8, 4) is 0 Å². The van der Waals surface area contributed by atoms with Gasteiger partial charge < -0.3 is 0 Å². The van der Waals surface area contributed by atoms with E-state index in [-0.39, 0.29) is 0 Å².